The number of benzene rings is 2. The Kier molecular flexibility index (Phi) is 7.21. The topological polar surface area (TPSA) is 92.1 Å². The lowest BCUT2D eigenvalue weighted by atomic mass is 10.1. The third-order valence-corrected chi connectivity index (χ3v) is 5.79. The summed E-state index contributed by atoms with van der Waals surface area (Å²) in [7, 11) is 0. The molecule has 1 atom stereocenters. The fourth-order valence-corrected chi connectivity index (χ4v) is 4.09. The number of furan rings is 1. The standard InChI is InChI=1S/C25H22FN3O5S/c1-2-33-24(32)16-5-11-19(12-6-16)29-23(31)21(28(25(29)35)15-20-4-3-13-34-20)14-22(30)27-18-9-7-17(26)8-10-18/h3-13,21H,2,14-15H2,1H3,(H,27,30). The smallest absolute Gasteiger partial charge is 0.338 e. The highest BCUT2D eigenvalue weighted by Gasteiger charge is 2.44. The van der Waals surface area contributed by atoms with Crippen LogP contribution < -0.4 is 10.2 Å². The number of nitrogens with one attached hydrogen (secondary N) is 1. The van der Waals surface area contributed by atoms with Gasteiger partial charge in [0.15, 0.2) is 5.11 Å². The zero-order valence-electron chi connectivity index (χ0n) is 18.8. The first-order chi connectivity index (χ1) is 16.9. The van der Waals surface area contributed by atoms with Crippen LogP contribution in [0, 0.1) is 5.82 Å². The van der Waals surface area contributed by atoms with Gasteiger partial charge in [0.1, 0.15) is 17.6 Å². The van der Waals surface area contributed by atoms with Crippen LogP contribution in [0.25, 0.3) is 0 Å². The van der Waals surface area contributed by atoms with Crippen LogP contribution in [0.3, 0.4) is 0 Å². The van der Waals surface area contributed by atoms with Crippen molar-refractivity contribution in [3.8, 4) is 0 Å². The fourth-order valence-electron chi connectivity index (χ4n) is 3.70. The molecule has 1 fully saturated rings. The van der Waals surface area contributed by atoms with Crippen molar-refractivity contribution >= 4 is 46.5 Å². The van der Waals surface area contributed by atoms with Gasteiger partial charge in [0.2, 0.25) is 5.91 Å². The molecule has 0 saturated carbocycles. The van der Waals surface area contributed by atoms with Gasteiger partial charge in [-0.2, -0.15) is 0 Å². The third kappa shape index (κ3) is 5.38. The lowest BCUT2D eigenvalue weighted by Gasteiger charge is -2.22. The highest BCUT2D eigenvalue weighted by Crippen LogP contribution is 2.29. The maximum Gasteiger partial charge on any atom is 0.338 e. The molecule has 1 aromatic heterocycles. The normalized spacial score (nSPS) is 15.4. The van der Waals surface area contributed by atoms with Crippen molar-refractivity contribution in [2.75, 3.05) is 16.8 Å². The van der Waals surface area contributed by atoms with Gasteiger partial charge in [0.05, 0.1) is 37.1 Å². The van der Waals surface area contributed by atoms with E-state index in [0.29, 0.717) is 22.7 Å². The highest BCUT2D eigenvalue weighted by molar-refractivity contribution is 7.80. The van der Waals surface area contributed by atoms with Gasteiger partial charge in [0, 0.05) is 5.69 Å². The van der Waals surface area contributed by atoms with Crippen LogP contribution in [0.4, 0.5) is 15.8 Å². The third-order valence-electron chi connectivity index (χ3n) is 5.37. The predicted molar refractivity (Wildman–Crippen MR) is 130 cm³/mol. The summed E-state index contributed by atoms with van der Waals surface area (Å²) in [6, 6.07) is 14.2. The van der Waals surface area contributed by atoms with Gasteiger partial charge in [-0.15, -0.1) is 0 Å². The van der Waals surface area contributed by atoms with E-state index in [-0.39, 0.29) is 30.6 Å². The molecule has 2 amide bonds. The van der Waals surface area contributed by atoms with Gasteiger partial charge in [-0.1, -0.05) is 0 Å². The van der Waals surface area contributed by atoms with Crippen molar-refractivity contribution in [2.24, 2.45) is 0 Å². The van der Waals surface area contributed by atoms with Gasteiger partial charge >= 0.3 is 5.97 Å². The van der Waals surface area contributed by atoms with E-state index in [0.717, 1.165) is 0 Å². The van der Waals surface area contributed by atoms with Crippen LogP contribution >= 0.6 is 12.2 Å². The summed E-state index contributed by atoms with van der Waals surface area (Å²) in [6.45, 7) is 2.15. The number of hydrogen-bond donors (Lipinski definition) is 1. The lowest BCUT2D eigenvalue weighted by molar-refractivity contribution is -0.124. The molecule has 2 heterocycles. The van der Waals surface area contributed by atoms with E-state index in [2.05, 4.69) is 5.32 Å². The minimum Gasteiger partial charge on any atom is -0.467 e. The molecule has 1 saturated heterocycles. The van der Waals surface area contributed by atoms with Crippen molar-refractivity contribution in [1.82, 2.24) is 4.90 Å². The summed E-state index contributed by atoms with van der Waals surface area (Å²) in [6.07, 6.45) is 1.33. The number of nitrogens with zero attached hydrogens (tertiary/aromatic N) is 2. The number of ether oxygens (including phenoxy) is 1. The Morgan fingerprint density at radius 2 is 1.83 bits per heavy atom. The number of rotatable bonds is 8. The van der Waals surface area contributed by atoms with Crippen molar-refractivity contribution in [2.45, 2.75) is 25.9 Å². The van der Waals surface area contributed by atoms with E-state index in [1.54, 1.807) is 48.2 Å². The molecule has 0 radical (unpaired) electrons. The molecular formula is C25H22FN3O5S. The van der Waals surface area contributed by atoms with Gasteiger partial charge in [-0.05, 0) is 79.8 Å². The van der Waals surface area contributed by atoms with E-state index in [9.17, 15) is 18.8 Å². The zero-order valence-corrected chi connectivity index (χ0v) is 19.6. The number of thiocarbonyl (C=S) groups is 1. The van der Waals surface area contributed by atoms with E-state index in [1.807, 2.05) is 0 Å². The molecular weight excluding hydrogens is 473 g/mol. The summed E-state index contributed by atoms with van der Waals surface area (Å²) >= 11 is 5.62. The summed E-state index contributed by atoms with van der Waals surface area (Å²) in [4.78, 5) is 41.1. The van der Waals surface area contributed by atoms with E-state index in [1.165, 1.54) is 35.4 Å². The molecule has 35 heavy (non-hydrogen) atoms. The molecule has 1 aliphatic heterocycles. The molecule has 3 aromatic rings. The average molecular weight is 496 g/mol. The van der Waals surface area contributed by atoms with E-state index < -0.39 is 23.7 Å². The molecule has 10 heteroatoms. The van der Waals surface area contributed by atoms with E-state index in [4.69, 9.17) is 21.4 Å². The molecule has 1 aliphatic rings. The highest BCUT2D eigenvalue weighted by atomic mass is 32.1. The van der Waals surface area contributed by atoms with Crippen LogP contribution in [0.15, 0.2) is 71.3 Å². The zero-order chi connectivity index (χ0) is 24.9. The van der Waals surface area contributed by atoms with Crippen LogP contribution in [0.5, 0.6) is 0 Å². The first-order valence-electron chi connectivity index (χ1n) is 10.9. The number of amides is 2. The first kappa shape index (κ1) is 24.1. The minimum absolute atomic E-state index is 0.184. The molecule has 4 rings (SSSR count). The summed E-state index contributed by atoms with van der Waals surface area (Å²) in [5, 5.41) is 2.88. The average Bonchev–Trinajstić information content (AvgIpc) is 3.43. The second-order valence-electron chi connectivity index (χ2n) is 7.71. The first-order valence-corrected chi connectivity index (χ1v) is 11.3. The molecule has 2 aromatic carbocycles. The number of halogens is 1. The maximum absolute atomic E-state index is 13.5. The number of carbonyl (C=O) groups is 3. The maximum atomic E-state index is 13.5. The van der Waals surface area contributed by atoms with Crippen molar-refractivity contribution in [3.05, 3.63) is 84.1 Å². The number of anilines is 2. The van der Waals surface area contributed by atoms with Crippen LogP contribution in [-0.4, -0.2) is 40.4 Å². The van der Waals surface area contributed by atoms with Gasteiger partial charge in [-0.3, -0.25) is 14.5 Å². The van der Waals surface area contributed by atoms with E-state index >= 15 is 0 Å². The molecule has 0 bridgehead atoms. The second kappa shape index (κ2) is 10.5. The van der Waals surface area contributed by atoms with Crippen LogP contribution in [-0.2, 0) is 20.9 Å². The number of carbonyl (C=O) groups excluding carboxylic acids is 3. The Labute approximate surface area is 206 Å². The predicted octanol–water partition coefficient (Wildman–Crippen LogP) is 4.13. The van der Waals surface area contributed by atoms with Gasteiger partial charge in [0.25, 0.3) is 5.91 Å². The quantitative estimate of drug-likeness (QED) is 0.371. The molecule has 0 spiro atoms. The Hall–Kier alpha value is -4.05. The molecule has 180 valence electrons. The molecule has 1 N–H and O–H groups in total. The molecule has 8 nitrogen and oxygen atoms in total. The van der Waals surface area contributed by atoms with Crippen molar-refractivity contribution < 1.29 is 27.9 Å². The van der Waals surface area contributed by atoms with Crippen LogP contribution in [0.2, 0.25) is 0 Å². The lowest BCUT2D eigenvalue weighted by Crippen LogP contribution is -2.37. The second-order valence-corrected chi connectivity index (χ2v) is 8.07. The van der Waals surface area contributed by atoms with Gasteiger partial charge in [-0.25, -0.2) is 9.18 Å². The van der Waals surface area contributed by atoms with Crippen molar-refractivity contribution in [3.63, 3.8) is 0 Å². The summed E-state index contributed by atoms with van der Waals surface area (Å²) < 4.78 is 23.6. The Morgan fingerprint density at radius 1 is 1.11 bits per heavy atom. The summed E-state index contributed by atoms with van der Waals surface area (Å²) in [5.41, 5.74) is 1.21. The number of esters is 1. The molecule has 1 unspecified atom stereocenters. The largest absolute Gasteiger partial charge is 0.467 e. The Morgan fingerprint density at radius 3 is 2.46 bits per heavy atom. The van der Waals surface area contributed by atoms with Gasteiger partial charge < -0.3 is 19.4 Å². The van der Waals surface area contributed by atoms with Crippen LogP contribution in [0.1, 0.15) is 29.5 Å². The molecule has 0 aliphatic carbocycles. The Balaban J connectivity index is 1.56. The number of hydrogen-bond acceptors (Lipinski definition) is 6. The SMILES string of the molecule is CCOC(=O)c1ccc(N2C(=O)C(CC(=O)Nc3ccc(F)cc3)N(Cc3ccco3)C2=S)cc1. The fraction of sp³-hybridized carbons (Fsp3) is 0.200. The monoisotopic (exact) mass is 495 g/mol. The Bertz CT molecular complexity index is 1230. The minimum atomic E-state index is -0.891. The summed E-state index contributed by atoms with van der Waals surface area (Å²) in [5.74, 6) is -1.14. The van der Waals surface area contributed by atoms with Crippen molar-refractivity contribution in [1.29, 1.82) is 0 Å².